The molecule has 0 aliphatic carbocycles. The third-order valence-electron chi connectivity index (χ3n) is 5.69. The van der Waals surface area contributed by atoms with Crippen LogP contribution in [0.5, 0.6) is 0 Å². The summed E-state index contributed by atoms with van der Waals surface area (Å²) in [6.45, 7) is 4.12. The van der Waals surface area contributed by atoms with Crippen LogP contribution in [0.25, 0.3) is 5.69 Å². The van der Waals surface area contributed by atoms with Crippen LogP contribution in [0.15, 0.2) is 42.9 Å². The van der Waals surface area contributed by atoms with Gasteiger partial charge in [0, 0.05) is 37.8 Å². The van der Waals surface area contributed by atoms with Crippen molar-refractivity contribution >= 4 is 30.7 Å². The Kier molecular flexibility index (Phi) is 7.12. The van der Waals surface area contributed by atoms with E-state index in [4.69, 9.17) is 0 Å². The van der Waals surface area contributed by atoms with E-state index in [9.17, 15) is 4.79 Å². The Labute approximate surface area is 187 Å². The van der Waals surface area contributed by atoms with Gasteiger partial charge in [-0.25, -0.2) is 4.98 Å². The molecular formula is C20H25Cl2N7O. The molecule has 10 heteroatoms. The van der Waals surface area contributed by atoms with Crippen molar-refractivity contribution in [3.8, 4) is 5.69 Å². The molecule has 0 unspecified atom stereocenters. The fraction of sp³-hybridized carbons (Fsp3) is 0.400. The maximum atomic E-state index is 13.1. The molecule has 1 amide bonds. The van der Waals surface area contributed by atoms with Crippen LogP contribution in [0.4, 0.5) is 0 Å². The first-order valence-corrected chi connectivity index (χ1v) is 9.81. The minimum absolute atomic E-state index is 0. The number of nitrogens with zero attached hydrogens (tertiary/aromatic N) is 6. The zero-order valence-electron chi connectivity index (χ0n) is 16.5. The van der Waals surface area contributed by atoms with Crippen LogP contribution in [-0.4, -0.2) is 54.8 Å². The third kappa shape index (κ3) is 4.08. The van der Waals surface area contributed by atoms with E-state index in [-0.39, 0.29) is 30.7 Å². The van der Waals surface area contributed by atoms with E-state index in [0.717, 1.165) is 62.9 Å². The molecule has 30 heavy (non-hydrogen) atoms. The van der Waals surface area contributed by atoms with Crippen molar-refractivity contribution in [1.29, 1.82) is 0 Å². The van der Waals surface area contributed by atoms with Gasteiger partial charge in [0.2, 0.25) is 0 Å². The Hall–Kier alpha value is -2.42. The second kappa shape index (κ2) is 9.59. The number of carbonyl (C=O) groups excluding carboxylic acids is 1. The molecule has 0 radical (unpaired) electrons. The molecular weight excluding hydrogens is 425 g/mol. The summed E-state index contributed by atoms with van der Waals surface area (Å²) in [4.78, 5) is 19.2. The summed E-state index contributed by atoms with van der Waals surface area (Å²) in [5.74, 6) is 2.50. The lowest BCUT2D eigenvalue weighted by atomic mass is 9.95. The number of aromatic nitrogens is 5. The predicted octanol–water partition coefficient (Wildman–Crippen LogP) is 2.43. The standard InChI is InChI=1S/C20H23N7O.2ClH/c28-20(17-12-22-14-27(17)16-4-2-1-3-5-16)25-9-6-15(7-10-25)19-24-23-18-13-21-8-11-26(18)19;;/h1-5,12,14-15,21H,6-11,13H2;2*1H. The highest BCUT2D eigenvalue weighted by Crippen LogP contribution is 2.28. The maximum absolute atomic E-state index is 13.1. The van der Waals surface area contributed by atoms with Crippen LogP contribution in [0.1, 0.15) is 40.9 Å². The summed E-state index contributed by atoms with van der Waals surface area (Å²) in [6.07, 6.45) is 5.18. The van der Waals surface area contributed by atoms with Gasteiger partial charge in [0.15, 0.2) is 0 Å². The minimum Gasteiger partial charge on any atom is -0.337 e. The van der Waals surface area contributed by atoms with Gasteiger partial charge in [-0.15, -0.1) is 35.0 Å². The first-order chi connectivity index (χ1) is 13.8. The molecule has 1 fully saturated rings. The van der Waals surface area contributed by atoms with Gasteiger partial charge in [0.1, 0.15) is 17.3 Å². The highest BCUT2D eigenvalue weighted by Gasteiger charge is 2.30. The number of likely N-dealkylation sites (tertiary alicyclic amines) is 1. The number of para-hydroxylation sites is 1. The van der Waals surface area contributed by atoms with Crippen molar-refractivity contribution in [3.63, 3.8) is 0 Å². The topological polar surface area (TPSA) is 80.9 Å². The number of fused-ring (bicyclic) bond motifs is 1. The summed E-state index contributed by atoms with van der Waals surface area (Å²) in [5.41, 5.74) is 1.55. The molecule has 3 aromatic rings. The van der Waals surface area contributed by atoms with Gasteiger partial charge in [0.05, 0.1) is 19.1 Å². The van der Waals surface area contributed by atoms with Gasteiger partial charge in [-0.2, -0.15) is 0 Å². The number of hydrogen-bond donors (Lipinski definition) is 1. The number of nitrogens with one attached hydrogen (secondary N) is 1. The Bertz CT molecular complexity index is 980. The number of benzene rings is 1. The first-order valence-electron chi connectivity index (χ1n) is 9.81. The highest BCUT2D eigenvalue weighted by atomic mass is 35.5. The fourth-order valence-corrected chi connectivity index (χ4v) is 4.17. The molecule has 2 aliphatic rings. The van der Waals surface area contributed by atoms with Crippen molar-refractivity contribution in [2.24, 2.45) is 0 Å². The smallest absolute Gasteiger partial charge is 0.272 e. The van der Waals surface area contributed by atoms with Crippen LogP contribution < -0.4 is 5.32 Å². The van der Waals surface area contributed by atoms with Crippen molar-refractivity contribution < 1.29 is 4.79 Å². The lowest BCUT2D eigenvalue weighted by Gasteiger charge is -2.32. The molecule has 0 atom stereocenters. The number of hydrogen-bond acceptors (Lipinski definition) is 5. The normalized spacial score (nSPS) is 16.3. The van der Waals surface area contributed by atoms with Gasteiger partial charge in [-0.1, -0.05) is 18.2 Å². The van der Waals surface area contributed by atoms with Crippen LogP contribution in [0, 0.1) is 0 Å². The number of rotatable bonds is 3. The number of amides is 1. The summed E-state index contributed by atoms with van der Waals surface area (Å²) in [7, 11) is 0. The van der Waals surface area contributed by atoms with Crippen molar-refractivity contribution in [1.82, 2.24) is 34.5 Å². The summed E-state index contributed by atoms with van der Waals surface area (Å²) >= 11 is 0. The summed E-state index contributed by atoms with van der Waals surface area (Å²) < 4.78 is 4.11. The fourth-order valence-electron chi connectivity index (χ4n) is 4.17. The molecule has 5 rings (SSSR count). The predicted molar refractivity (Wildman–Crippen MR) is 118 cm³/mol. The zero-order valence-corrected chi connectivity index (χ0v) is 18.1. The highest BCUT2D eigenvalue weighted by molar-refractivity contribution is 5.93. The van der Waals surface area contributed by atoms with Crippen LogP contribution in [0.2, 0.25) is 0 Å². The summed E-state index contributed by atoms with van der Waals surface area (Å²) in [6, 6.07) is 9.85. The first kappa shape index (κ1) is 22.3. The quantitative estimate of drug-likeness (QED) is 0.663. The van der Waals surface area contributed by atoms with E-state index in [1.165, 1.54) is 0 Å². The number of piperidine rings is 1. The lowest BCUT2D eigenvalue weighted by Crippen LogP contribution is -2.39. The zero-order chi connectivity index (χ0) is 18.9. The molecule has 0 saturated carbocycles. The van der Waals surface area contributed by atoms with E-state index < -0.39 is 0 Å². The molecule has 0 spiro atoms. The second-order valence-electron chi connectivity index (χ2n) is 7.35. The Morgan fingerprint density at radius 2 is 1.80 bits per heavy atom. The maximum Gasteiger partial charge on any atom is 0.272 e. The summed E-state index contributed by atoms with van der Waals surface area (Å²) in [5, 5.41) is 12.1. The van der Waals surface area contributed by atoms with E-state index in [1.54, 1.807) is 12.5 Å². The van der Waals surface area contributed by atoms with Gasteiger partial charge in [0.25, 0.3) is 5.91 Å². The largest absolute Gasteiger partial charge is 0.337 e. The van der Waals surface area contributed by atoms with Gasteiger partial charge in [-0.05, 0) is 25.0 Å². The molecule has 1 aromatic carbocycles. The van der Waals surface area contributed by atoms with Crippen molar-refractivity contribution in [2.75, 3.05) is 19.6 Å². The van der Waals surface area contributed by atoms with E-state index in [0.29, 0.717) is 11.6 Å². The SMILES string of the molecule is Cl.Cl.O=C(c1cncn1-c1ccccc1)N1CCC(c2nnc3n2CCNC3)CC1. The molecule has 1 saturated heterocycles. The van der Waals surface area contributed by atoms with Crippen LogP contribution in [-0.2, 0) is 13.1 Å². The molecule has 160 valence electrons. The molecule has 2 aliphatic heterocycles. The third-order valence-corrected chi connectivity index (χ3v) is 5.69. The molecule has 1 N–H and O–H groups in total. The van der Waals surface area contributed by atoms with E-state index in [2.05, 4.69) is 25.1 Å². The van der Waals surface area contributed by atoms with Gasteiger partial charge < -0.3 is 14.8 Å². The van der Waals surface area contributed by atoms with Gasteiger partial charge in [-0.3, -0.25) is 9.36 Å². The number of halogens is 2. The molecule has 4 heterocycles. The monoisotopic (exact) mass is 449 g/mol. The van der Waals surface area contributed by atoms with Crippen LogP contribution in [0.3, 0.4) is 0 Å². The van der Waals surface area contributed by atoms with Crippen molar-refractivity contribution in [2.45, 2.75) is 31.8 Å². The Morgan fingerprint density at radius 3 is 2.57 bits per heavy atom. The van der Waals surface area contributed by atoms with Gasteiger partial charge >= 0.3 is 0 Å². The van der Waals surface area contributed by atoms with Crippen LogP contribution >= 0.6 is 24.8 Å². The second-order valence-corrected chi connectivity index (χ2v) is 7.35. The molecule has 0 bridgehead atoms. The minimum atomic E-state index is 0. The lowest BCUT2D eigenvalue weighted by molar-refractivity contribution is 0.0702. The molecule has 2 aromatic heterocycles. The average Bonchev–Trinajstić information content (AvgIpc) is 3.41. The number of imidazole rings is 1. The van der Waals surface area contributed by atoms with E-state index in [1.807, 2.05) is 39.8 Å². The van der Waals surface area contributed by atoms with E-state index >= 15 is 0 Å². The van der Waals surface area contributed by atoms with Crippen molar-refractivity contribution in [3.05, 3.63) is 60.2 Å². The Balaban J connectivity index is 0.00000128. The number of carbonyl (C=O) groups is 1. The average molecular weight is 450 g/mol. The Morgan fingerprint density at radius 1 is 1.03 bits per heavy atom. The molecule has 8 nitrogen and oxygen atoms in total.